The first-order chi connectivity index (χ1) is 6.97. The molecule has 4 nitrogen and oxygen atoms in total. The zero-order chi connectivity index (χ0) is 11.9. The zero-order valence-corrected chi connectivity index (χ0v) is 11.0. The molecule has 0 spiro atoms. The quantitative estimate of drug-likeness (QED) is 0.740. The van der Waals surface area contributed by atoms with E-state index in [2.05, 4.69) is 4.72 Å². The molecule has 2 unspecified atom stereocenters. The first-order valence-corrected chi connectivity index (χ1v) is 7.66. The normalized spacial score (nSPS) is 15.6. The molecule has 0 rings (SSSR count). The average molecular weight is 250 g/mol. The Morgan fingerprint density at radius 1 is 1.47 bits per heavy atom. The molecular formula is C9H18N2O2S2. The van der Waals surface area contributed by atoms with Gasteiger partial charge in [-0.1, -0.05) is 13.8 Å². The highest BCUT2D eigenvalue weighted by atomic mass is 32.2. The van der Waals surface area contributed by atoms with Gasteiger partial charge < -0.3 is 0 Å². The second-order valence-corrected chi connectivity index (χ2v) is 6.46. The Hall–Kier alpha value is -0.250. The summed E-state index contributed by atoms with van der Waals surface area (Å²) in [5.74, 6) is 1.69. The Morgan fingerprint density at radius 2 is 2.07 bits per heavy atom. The summed E-state index contributed by atoms with van der Waals surface area (Å²) in [5, 5.41) is 7.74. The molecule has 6 heteroatoms. The van der Waals surface area contributed by atoms with Crippen LogP contribution in [0.2, 0.25) is 0 Å². The van der Waals surface area contributed by atoms with E-state index in [1.165, 1.54) is 0 Å². The molecule has 0 aliphatic carbocycles. The average Bonchev–Trinajstić information content (AvgIpc) is 2.15. The Bertz CT molecular complexity index is 309. The second kappa shape index (κ2) is 7.09. The number of nitriles is 1. The van der Waals surface area contributed by atoms with Gasteiger partial charge in [0.25, 0.3) is 0 Å². The molecule has 0 aliphatic rings. The number of hydrogen-bond donors (Lipinski definition) is 1. The SMILES string of the molecule is CCSCC(C)NS(=O)(=O)C(C#N)CC. The maximum atomic E-state index is 11.6. The highest BCUT2D eigenvalue weighted by Gasteiger charge is 2.24. The van der Waals surface area contributed by atoms with Crippen molar-refractivity contribution in [3.05, 3.63) is 0 Å². The van der Waals surface area contributed by atoms with Gasteiger partial charge in [-0.25, -0.2) is 13.1 Å². The molecule has 0 heterocycles. The fourth-order valence-electron chi connectivity index (χ4n) is 1.07. The lowest BCUT2D eigenvalue weighted by atomic mass is 10.4. The van der Waals surface area contributed by atoms with Gasteiger partial charge in [0.15, 0.2) is 5.25 Å². The molecule has 2 atom stereocenters. The molecule has 0 bridgehead atoms. The molecule has 1 N–H and O–H groups in total. The molecule has 0 radical (unpaired) electrons. The molecule has 0 aromatic carbocycles. The Kier molecular flexibility index (Phi) is 6.98. The Morgan fingerprint density at radius 3 is 2.47 bits per heavy atom. The molecule has 0 aromatic heterocycles. The Balaban J connectivity index is 4.32. The smallest absolute Gasteiger partial charge is 0.211 e. The summed E-state index contributed by atoms with van der Waals surface area (Å²) in [5.41, 5.74) is 0. The van der Waals surface area contributed by atoms with Gasteiger partial charge >= 0.3 is 0 Å². The van der Waals surface area contributed by atoms with E-state index in [4.69, 9.17) is 5.26 Å². The van der Waals surface area contributed by atoms with Crippen LogP contribution in [0.25, 0.3) is 0 Å². The summed E-state index contributed by atoms with van der Waals surface area (Å²) in [4.78, 5) is 0. The third kappa shape index (κ3) is 5.40. The monoisotopic (exact) mass is 250 g/mol. The second-order valence-electron chi connectivity index (χ2n) is 3.25. The van der Waals surface area contributed by atoms with Crippen LogP contribution in [0.1, 0.15) is 27.2 Å². The Labute approximate surface area is 96.5 Å². The van der Waals surface area contributed by atoms with E-state index in [0.29, 0.717) is 6.42 Å². The van der Waals surface area contributed by atoms with Gasteiger partial charge in [0.1, 0.15) is 0 Å². The van der Waals surface area contributed by atoms with Gasteiger partial charge in [-0.3, -0.25) is 0 Å². The van der Waals surface area contributed by atoms with Crippen LogP contribution in [-0.4, -0.2) is 31.2 Å². The van der Waals surface area contributed by atoms with Crippen molar-refractivity contribution in [1.82, 2.24) is 4.72 Å². The maximum absolute atomic E-state index is 11.6. The van der Waals surface area contributed by atoms with E-state index < -0.39 is 15.3 Å². The fraction of sp³-hybridized carbons (Fsp3) is 0.889. The number of nitrogens with one attached hydrogen (secondary N) is 1. The molecular weight excluding hydrogens is 232 g/mol. The van der Waals surface area contributed by atoms with Crippen molar-refractivity contribution in [3.8, 4) is 6.07 Å². The third-order valence-corrected chi connectivity index (χ3v) is 4.89. The minimum atomic E-state index is -3.48. The van der Waals surface area contributed by atoms with E-state index >= 15 is 0 Å². The molecule has 0 aliphatic heterocycles. The number of sulfonamides is 1. The minimum Gasteiger partial charge on any atom is -0.211 e. The van der Waals surface area contributed by atoms with Crippen molar-refractivity contribution < 1.29 is 8.42 Å². The van der Waals surface area contributed by atoms with Crippen LogP contribution in [0.15, 0.2) is 0 Å². The van der Waals surface area contributed by atoms with E-state index in [9.17, 15) is 8.42 Å². The van der Waals surface area contributed by atoms with Crippen molar-refractivity contribution in [1.29, 1.82) is 5.26 Å². The van der Waals surface area contributed by atoms with Gasteiger partial charge in [-0.2, -0.15) is 17.0 Å². The largest absolute Gasteiger partial charge is 0.228 e. The highest BCUT2D eigenvalue weighted by Crippen LogP contribution is 2.07. The molecule has 0 aromatic rings. The molecule has 0 fully saturated rings. The summed E-state index contributed by atoms with van der Waals surface area (Å²) in [7, 11) is -3.48. The van der Waals surface area contributed by atoms with Crippen molar-refractivity contribution in [2.45, 2.75) is 38.5 Å². The van der Waals surface area contributed by atoms with Crippen molar-refractivity contribution >= 4 is 21.8 Å². The van der Waals surface area contributed by atoms with Gasteiger partial charge in [0.05, 0.1) is 6.07 Å². The third-order valence-electron chi connectivity index (χ3n) is 1.83. The molecule has 0 saturated heterocycles. The van der Waals surface area contributed by atoms with E-state index in [0.717, 1.165) is 11.5 Å². The van der Waals surface area contributed by atoms with Crippen LogP contribution < -0.4 is 4.72 Å². The maximum Gasteiger partial charge on any atom is 0.228 e. The van der Waals surface area contributed by atoms with E-state index in [1.54, 1.807) is 24.8 Å². The lowest BCUT2D eigenvalue weighted by molar-refractivity contribution is 0.562. The van der Waals surface area contributed by atoms with Gasteiger partial charge in [0.2, 0.25) is 10.0 Å². The summed E-state index contributed by atoms with van der Waals surface area (Å²) < 4.78 is 25.8. The highest BCUT2D eigenvalue weighted by molar-refractivity contribution is 7.99. The van der Waals surface area contributed by atoms with Crippen LogP contribution >= 0.6 is 11.8 Å². The standard InChI is InChI=1S/C9H18N2O2S2/c1-4-9(6-10)15(12,13)11-8(3)7-14-5-2/h8-9,11H,4-5,7H2,1-3H3. The van der Waals surface area contributed by atoms with Crippen LogP contribution in [0.3, 0.4) is 0 Å². The summed E-state index contributed by atoms with van der Waals surface area (Å²) >= 11 is 1.67. The van der Waals surface area contributed by atoms with Crippen LogP contribution in [0.5, 0.6) is 0 Å². The summed E-state index contributed by atoms with van der Waals surface area (Å²) in [6.45, 7) is 5.53. The predicted octanol–water partition coefficient (Wildman–Crippen LogP) is 1.35. The number of nitrogens with zero attached hydrogens (tertiary/aromatic N) is 1. The number of thioether (sulfide) groups is 1. The van der Waals surface area contributed by atoms with Gasteiger partial charge in [0, 0.05) is 11.8 Å². The fourth-order valence-corrected chi connectivity index (χ4v) is 3.24. The first kappa shape index (κ1) is 14.8. The number of hydrogen-bond acceptors (Lipinski definition) is 4. The molecule has 88 valence electrons. The summed E-state index contributed by atoms with van der Waals surface area (Å²) in [6, 6.07) is 1.67. The molecule has 0 saturated carbocycles. The van der Waals surface area contributed by atoms with Crippen LogP contribution in [0.4, 0.5) is 0 Å². The molecule has 0 amide bonds. The van der Waals surface area contributed by atoms with Crippen molar-refractivity contribution in [3.63, 3.8) is 0 Å². The van der Waals surface area contributed by atoms with Crippen molar-refractivity contribution in [2.24, 2.45) is 0 Å². The molecule has 15 heavy (non-hydrogen) atoms. The topological polar surface area (TPSA) is 70.0 Å². The predicted molar refractivity (Wildman–Crippen MR) is 64.2 cm³/mol. The first-order valence-electron chi connectivity index (χ1n) is 4.96. The van der Waals surface area contributed by atoms with E-state index in [-0.39, 0.29) is 6.04 Å². The number of rotatable bonds is 7. The van der Waals surface area contributed by atoms with E-state index in [1.807, 2.05) is 13.8 Å². The zero-order valence-electron chi connectivity index (χ0n) is 9.36. The van der Waals surface area contributed by atoms with Crippen LogP contribution in [0, 0.1) is 11.3 Å². The lowest BCUT2D eigenvalue weighted by Crippen LogP contribution is -2.40. The minimum absolute atomic E-state index is 0.123. The lowest BCUT2D eigenvalue weighted by Gasteiger charge is -2.15. The van der Waals surface area contributed by atoms with Crippen LogP contribution in [-0.2, 0) is 10.0 Å². The van der Waals surface area contributed by atoms with Gasteiger partial charge in [-0.05, 0) is 19.1 Å². The van der Waals surface area contributed by atoms with Crippen molar-refractivity contribution in [2.75, 3.05) is 11.5 Å². The summed E-state index contributed by atoms with van der Waals surface area (Å²) in [6.07, 6.45) is 0.319. The van der Waals surface area contributed by atoms with Gasteiger partial charge in [-0.15, -0.1) is 0 Å².